The van der Waals surface area contributed by atoms with E-state index in [2.05, 4.69) is 10.3 Å². The predicted octanol–water partition coefficient (Wildman–Crippen LogP) is 0.0591. The van der Waals surface area contributed by atoms with Gasteiger partial charge in [-0.25, -0.2) is 4.68 Å². The molecule has 1 atom stereocenters. The minimum atomic E-state index is -0.910. The van der Waals surface area contributed by atoms with E-state index < -0.39 is 5.60 Å². The van der Waals surface area contributed by atoms with E-state index in [9.17, 15) is 5.11 Å². The molecule has 1 aromatic heterocycles. The standard InChI is InChI=1S/C9H15N3O2/c1-12-8(5-10-11-12)9(13,6-14-2)7-3-4-7/h5,7,13H,3-4,6H2,1-2H3. The van der Waals surface area contributed by atoms with Crippen LogP contribution >= 0.6 is 0 Å². The summed E-state index contributed by atoms with van der Waals surface area (Å²) >= 11 is 0. The molecule has 0 bridgehead atoms. The quantitative estimate of drug-likeness (QED) is 0.741. The number of aromatic nitrogens is 3. The van der Waals surface area contributed by atoms with Gasteiger partial charge in [0.2, 0.25) is 0 Å². The molecule has 0 spiro atoms. The monoisotopic (exact) mass is 197 g/mol. The fraction of sp³-hybridized carbons (Fsp3) is 0.778. The van der Waals surface area contributed by atoms with Crippen molar-refractivity contribution < 1.29 is 9.84 Å². The molecule has 1 unspecified atom stereocenters. The number of hydrogen-bond donors (Lipinski definition) is 1. The lowest BCUT2D eigenvalue weighted by Gasteiger charge is -2.26. The van der Waals surface area contributed by atoms with E-state index in [4.69, 9.17) is 4.74 Å². The van der Waals surface area contributed by atoms with E-state index in [0.29, 0.717) is 12.5 Å². The van der Waals surface area contributed by atoms with Crippen LogP contribution in [-0.2, 0) is 17.4 Å². The zero-order valence-electron chi connectivity index (χ0n) is 8.47. The second-order valence-electron chi connectivity index (χ2n) is 3.87. The van der Waals surface area contributed by atoms with E-state index >= 15 is 0 Å². The molecule has 5 heteroatoms. The van der Waals surface area contributed by atoms with Gasteiger partial charge in [0.25, 0.3) is 0 Å². The molecule has 1 aliphatic carbocycles. The van der Waals surface area contributed by atoms with Crippen LogP contribution in [-0.4, -0.2) is 33.8 Å². The molecule has 0 saturated heterocycles. The summed E-state index contributed by atoms with van der Waals surface area (Å²) in [6.45, 7) is 0.304. The van der Waals surface area contributed by atoms with Gasteiger partial charge >= 0.3 is 0 Å². The third-order valence-electron chi connectivity index (χ3n) is 2.78. The maximum Gasteiger partial charge on any atom is 0.134 e. The number of aryl methyl sites for hydroxylation is 1. The molecular formula is C9H15N3O2. The molecule has 1 aliphatic rings. The fourth-order valence-corrected chi connectivity index (χ4v) is 1.86. The molecule has 78 valence electrons. The van der Waals surface area contributed by atoms with Gasteiger partial charge in [-0.2, -0.15) is 0 Å². The Morgan fingerprint density at radius 1 is 1.71 bits per heavy atom. The molecule has 0 aliphatic heterocycles. The van der Waals surface area contributed by atoms with Gasteiger partial charge < -0.3 is 9.84 Å². The Labute approximate surface area is 82.7 Å². The second-order valence-corrected chi connectivity index (χ2v) is 3.87. The van der Waals surface area contributed by atoms with Gasteiger partial charge in [0, 0.05) is 14.2 Å². The Hall–Kier alpha value is -0.940. The second kappa shape index (κ2) is 3.33. The Balaban J connectivity index is 2.30. The largest absolute Gasteiger partial charge is 0.381 e. The summed E-state index contributed by atoms with van der Waals surface area (Å²) in [7, 11) is 3.38. The smallest absolute Gasteiger partial charge is 0.134 e. The third-order valence-corrected chi connectivity index (χ3v) is 2.78. The molecule has 5 nitrogen and oxygen atoms in total. The number of ether oxygens (including phenoxy) is 1. The Morgan fingerprint density at radius 3 is 2.86 bits per heavy atom. The average molecular weight is 197 g/mol. The minimum absolute atomic E-state index is 0.291. The molecule has 0 aromatic carbocycles. The summed E-state index contributed by atoms with van der Waals surface area (Å²) in [5, 5.41) is 18.1. The van der Waals surface area contributed by atoms with Crippen LogP contribution in [0.25, 0.3) is 0 Å². The maximum atomic E-state index is 10.5. The predicted molar refractivity (Wildman–Crippen MR) is 49.5 cm³/mol. The SMILES string of the molecule is COCC(O)(c1cnnn1C)C1CC1. The summed E-state index contributed by atoms with van der Waals surface area (Å²) in [4.78, 5) is 0. The van der Waals surface area contributed by atoms with E-state index in [1.807, 2.05) is 0 Å². The van der Waals surface area contributed by atoms with Crippen LogP contribution in [0.2, 0.25) is 0 Å². The lowest BCUT2D eigenvalue weighted by atomic mass is 9.95. The molecule has 14 heavy (non-hydrogen) atoms. The first-order valence-corrected chi connectivity index (χ1v) is 4.75. The van der Waals surface area contributed by atoms with E-state index in [1.165, 1.54) is 0 Å². The van der Waals surface area contributed by atoms with E-state index in [1.54, 1.807) is 25.0 Å². The summed E-state index contributed by atoms with van der Waals surface area (Å²) in [6, 6.07) is 0. The molecule has 1 aromatic rings. The molecule has 1 heterocycles. The third kappa shape index (κ3) is 1.42. The summed E-state index contributed by atoms with van der Waals surface area (Å²) in [5.74, 6) is 0.291. The van der Waals surface area contributed by atoms with Crippen LogP contribution in [0.3, 0.4) is 0 Å². The minimum Gasteiger partial charge on any atom is -0.381 e. The van der Waals surface area contributed by atoms with Crippen LogP contribution in [0.15, 0.2) is 6.20 Å². The van der Waals surface area contributed by atoms with Gasteiger partial charge in [0.05, 0.1) is 18.5 Å². The van der Waals surface area contributed by atoms with Gasteiger partial charge in [-0.1, -0.05) is 5.21 Å². The van der Waals surface area contributed by atoms with Gasteiger partial charge in [0.15, 0.2) is 0 Å². The lowest BCUT2D eigenvalue weighted by molar-refractivity contribution is -0.0588. The summed E-state index contributed by atoms with van der Waals surface area (Å²) in [6.07, 6.45) is 3.70. The van der Waals surface area contributed by atoms with Crippen LogP contribution in [0.5, 0.6) is 0 Å². The molecule has 1 saturated carbocycles. The van der Waals surface area contributed by atoms with Crippen molar-refractivity contribution in [3.63, 3.8) is 0 Å². The van der Waals surface area contributed by atoms with Crippen LogP contribution in [0.1, 0.15) is 18.5 Å². The number of nitrogens with zero attached hydrogens (tertiary/aromatic N) is 3. The summed E-state index contributed by atoms with van der Waals surface area (Å²) < 4.78 is 6.68. The first-order valence-electron chi connectivity index (χ1n) is 4.75. The Kier molecular flexibility index (Phi) is 2.28. The van der Waals surface area contributed by atoms with Crippen molar-refractivity contribution in [2.24, 2.45) is 13.0 Å². The summed E-state index contributed by atoms with van der Waals surface area (Å²) in [5.41, 5.74) is -0.172. The molecule has 0 radical (unpaired) electrons. The van der Waals surface area contributed by atoms with Crippen molar-refractivity contribution in [3.8, 4) is 0 Å². The van der Waals surface area contributed by atoms with Crippen molar-refractivity contribution in [1.29, 1.82) is 0 Å². The highest BCUT2D eigenvalue weighted by Crippen LogP contribution is 2.45. The van der Waals surface area contributed by atoms with Crippen LogP contribution < -0.4 is 0 Å². The maximum absolute atomic E-state index is 10.5. The van der Waals surface area contributed by atoms with Crippen molar-refractivity contribution in [2.75, 3.05) is 13.7 Å². The lowest BCUT2D eigenvalue weighted by Crippen LogP contribution is -2.35. The average Bonchev–Trinajstić information content (AvgIpc) is 2.90. The normalized spacial score (nSPS) is 20.8. The van der Waals surface area contributed by atoms with Gasteiger partial charge in [0.1, 0.15) is 5.60 Å². The van der Waals surface area contributed by atoms with E-state index in [0.717, 1.165) is 18.5 Å². The first-order chi connectivity index (χ1) is 6.68. The highest BCUT2D eigenvalue weighted by Gasteiger charge is 2.47. The van der Waals surface area contributed by atoms with Gasteiger partial charge in [-0.05, 0) is 18.8 Å². The van der Waals surface area contributed by atoms with Crippen molar-refractivity contribution in [3.05, 3.63) is 11.9 Å². The topological polar surface area (TPSA) is 60.2 Å². The molecule has 1 fully saturated rings. The first kappa shape index (κ1) is 9.61. The number of methoxy groups -OCH3 is 1. The van der Waals surface area contributed by atoms with E-state index in [-0.39, 0.29) is 0 Å². The highest BCUT2D eigenvalue weighted by molar-refractivity contribution is 5.13. The fourth-order valence-electron chi connectivity index (χ4n) is 1.86. The van der Waals surface area contributed by atoms with Gasteiger partial charge in [-0.15, -0.1) is 5.10 Å². The zero-order valence-corrected chi connectivity index (χ0v) is 8.47. The van der Waals surface area contributed by atoms with Crippen molar-refractivity contribution >= 4 is 0 Å². The zero-order chi connectivity index (χ0) is 10.2. The molecule has 1 N–H and O–H groups in total. The number of rotatable bonds is 4. The number of hydrogen-bond acceptors (Lipinski definition) is 4. The Bertz CT molecular complexity index is 322. The Morgan fingerprint density at radius 2 is 2.43 bits per heavy atom. The van der Waals surface area contributed by atoms with Crippen LogP contribution in [0.4, 0.5) is 0 Å². The highest BCUT2D eigenvalue weighted by atomic mass is 16.5. The number of aliphatic hydroxyl groups is 1. The van der Waals surface area contributed by atoms with Gasteiger partial charge in [-0.3, -0.25) is 0 Å². The molecular weight excluding hydrogens is 182 g/mol. The van der Waals surface area contributed by atoms with Crippen molar-refractivity contribution in [1.82, 2.24) is 15.0 Å². The molecule has 2 rings (SSSR count). The van der Waals surface area contributed by atoms with Crippen LogP contribution in [0, 0.1) is 5.92 Å². The van der Waals surface area contributed by atoms with Crippen molar-refractivity contribution in [2.45, 2.75) is 18.4 Å². The molecule has 0 amide bonds.